The normalized spacial score (nSPS) is 11.8. The average molecular weight is 464 g/mol. The number of hydrogen-bond donors (Lipinski definition) is 0. The quantitative estimate of drug-likeness (QED) is 0.155. The first-order chi connectivity index (χ1) is 16.4. The largest absolute Gasteiger partial charge is 0.304 e. The molecule has 0 aliphatic carbocycles. The van der Waals surface area contributed by atoms with E-state index in [0.717, 1.165) is 58.0 Å². The van der Waals surface area contributed by atoms with Gasteiger partial charge in [0.05, 0.1) is 0 Å². The van der Waals surface area contributed by atoms with Gasteiger partial charge in [-0.3, -0.25) is 0 Å². The standard InChI is InChI=1S/C33H53N/c1-10-16-17-21-27(8)25-33-31(13-4)29(11-2)28(9)30(12-3)32(33)23-22-26(7)20-18-19-24-34(14-5)15-6/h10,13,22H,1,4,8,11-12,14-21,23-25H2,2-3,5-7,9H3/b26-22+. The van der Waals surface area contributed by atoms with Gasteiger partial charge in [-0.15, -0.1) is 6.58 Å². The van der Waals surface area contributed by atoms with Crippen molar-refractivity contribution in [2.45, 2.75) is 106 Å². The molecule has 0 radical (unpaired) electrons. The molecule has 1 heteroatoms. The zero-order valence-corrected chi connectivity index (χ0v) is 23.5. The fourth-order valence-corrected chi connectivity index (χ4v) is 5.26. The summed E-state index contributed by atoms with van der Waals surface area (Å²) < 4.78 is 0. The van der Waals surface area contributed by atoms with Gasteiger partial charge in [-0.05, 0) is 131 Å². The summed E-state index contributed by atoms with van der Waals surface area (Å²) in [7, 11) is 0. The minimum absolute atomic E-state index is 0.963. The van der Waals surface area contributed by atoms with Gasteiger partial charge in [0.15, 0.2) is 0 Å². The second-order valence-corrected chi connectivity index (χ2v) is 9.71. The molecule has 0 unspecified atom stereocenters. The highest BCUT2D eigenvalue weighted by molar-refractivity contribution is 5.65. The van der Waals surface area contributed by atoms with E-state index in [0.29, 0.717) is 0 Å². The highest BCUT2D eigenvalue weighted by Crippen LogP contribution is 2.33. The Kier molecular flexibility index (Phi) is 14.8. The monoisotopic (exact) mass is 463 g/mol. The van der Waals surface area contributed by atoms with E-state index in [9.17, 15) is 0 Å². The number of allylic oxidation sites excluding steroid dienone is 4. The van der Waals surface area contributed by atoms with Gasteiger partial charge in [0.25, 0.3) is 0 Å². The van der Waals surface area contributed by atoms with E-state index < -0.39 is 0 Å². The van der Waals surface area contributed by atoms with E-state index in [4.69, 9.17) is 0 Å². The lowest BCUT2D eigenvalue weighted by molar-refractivity contribution is 0.297. The van der Waals surface area contributed by atoms with Gasteiger partial charge in [0, 0.05) is 0 Å². The Morgan fingerprint density at radius 3 is 2.09 bits per heavy atom. The Hall–Kier alpha value is -1.86. The van der Waals surface area contributed by atoms with Gasteiger partial charge in [0.1, 0.15) is 0 Å². The second kappa shape index (κ2) is 16.7. The Bertz CT molecular complexity index is 820. The fourth-order valence-electron chi connectivity index (χ4n) is 5.26. The molecule has 0 N–H and O–H groups in total. The van der Waals surface area contributed by atoms with Crippen molar-refractivity contribution >= 4 is 6.08 Å². The lowest BCUT2D eigenvalue weighted by Crippen LogP contribution is -2.23. The van der Waals surface area contributed by atoms with Gasteiger partial charge < -0.3 is 4.90 Å². The lowest BCUT2D eigenvalue weighted by Gasteiger charge is -2.24. The molecule has 0 aromatic heterocycles. The van der Waals surface area contributed by atoms with Gasteiger partial charge in [0.2, 0.25) is 0 Å². The molecule has 0 saturated heterocycles. The van der Waals surface area contributed by atoms with Crippen LogP contribution in [0.1, 0.15) is 107 Å². The van der Waals surface area contributed by atoms with Crippen molar-refractivity contribution < 1.29 is 0 Å². The van der Waals surface area contributed by atoms with Crippen LogP contribution in [0.4, 0.5) is 0 Å². The molecular formula is C33H53N. The second-order valence-electron chi connectivity index (χ2n) is 9.71. The number of benzene rings is 1. The molecule has 0 amide bonds. The van der Waals surface area contributed by atoms with Crippen molar-refractivity contribution in [3.05, 3.63) is 76.4 Å². The predicted octanol–water partition coefficient (Wildman–Crippen LogP) is 9.22. The van der Waals surface area contributed by atoms with Gasteiger partial charge >= 0.3 is 0 Å². The molecule has 0 spiro atoms. The van der Waals surface area contributed by atoms with E-state index in [-0.39, 0.29) is 0 Å². The van der Waals surface area contributed by atoms with Crippen LogP contribution in [0.3, 0.4) is 0 Å². The molecule has 34 heavy (non-hydrogen) atoms. The number of hydrogen-bond acceptors (Lipinski definition) is 1. The molecule has 1 aromatic rings. The van der Waals surface area contributed by atoms with E-state index in [1.54, 1.807) is 5.56 Å². The van der Waals surface area contributed by atoms with Crippen LogP contribution in [-0.2, 0) is 25.7 Å². The van der Waals surface area contributed by atoms with Crippen molar-refractivity contribution in [3.63, 3.8) is 0 Å². The summed E-state index contributed by atoms with van der Waals surface area (Å²) in [5, 5.41) is 0. The first-order valence-electron chi connectivity index (χ1n) is 13.8. The summed E-state index contributed by atoms with van der Waals surface area (Å²) in [6.07, 6.45) is 17.8. The fraction of sp³-hybridized carbons (Fsp3) is 0.576. The van der Waals surface area contributed by atoms with E-state index in [1.165, 1.54) is 64.8 Å². The van der Waals surface area contributed by atoms with Crippen molar-refractivity contribution in [2.75, 3.05) is 19.6 Å². The molecule has 0 aliphatic heterocycles. The van der Waals surface area contributed by atoms with E-state index >= 15 is 0 Å². The van der Waals surface area contributed by atoms with Crippen molar-refractivity contribution in [3.8, 4) is 0 Å². The molecule has 1 rings (SSSR count). The highest BCUT2D eigenvalue weighted by atomic mass is 15.1. The number of rotatable bonds is 18. The van der Waals surface area contributed by atoms with Crippen LogP contribution in [0.2, 0.25) is 0 Å². The maximum atomic E-state index is 4.46. The summed E-state index contributed by atoms with van der Waals surface area (Å²) in [5.41, 5.74) is 11.7. The molecule has 1 nitrogen and oxygen atoms in total. The van der Waals surface area contributed by atoms with Crippen LogP contribution in [0, 0.1) is 6.92 Å². The van der Waals surface area contributed by atoms with Crippen LogP contribution in [0.15, 0.2) is 43.0 Å². The zero-order valence-electron chi connectivity index (χ0n) is 23.5. The van der Waals surface area contributed by atoms with Crippen LogP contribution >= 0.6 is 0 Å². The van der Waals surface area contributed by atoms with Gasteiger partial charge in [-0.1, -0.05) is 70.2 Å². The molecule has 0 atom stereocenters. The minimum Gasteiger partial charge on any atom is -0.304 e. The third-order valence-corrected chi connectivity index (χ3v) is 7.41. The van der Waals surface area contributed by atoms with Crippen LogP contribution < -0.4 is 0 Å². The van der Waals surface area contributed by atoms with Gasteiger partial charge in [-0.2, -0.15) is 0 Å². The molecule has 0 fully saturated rings. The maximum Gasteiger partial charge on any atom is -0.00189 e. The lowest BCUT2D eigenvalue weighted by atomic mass is 9.81. The Morgan fingerprint density at radius 1 is 0.853 bits per heavy atom. The predicted molar refractivity (Wildman–Crippen MR) is 156 cm³/mol. The van der Waals surface area contributed by atoms with Crippen molar-refractivity contribution in [1.82, 2.24) is 4.90 Å². The third kappa shape index (κ3) is 9.06. The summed E-state index contributed by atoms with van der Waals surface area (Å²) >= 11 is 0. The summed E-state index contributed by atoms with van der Waals surface area (Å²) in [6, 6.07) is 0. The van der Waals surface area contributed by atoms with Crippen molar-refractivity contribution in [2.24, 2.45) is 0 Å². The van der Waals surface area contributed by atoms with Crippen molar-refractivity contribution in [1.29, 1.82) is 0 Å². The Morgan fingerprint density at radius 2 is 1.53 bits per heavy atom. The molecule has 0 heterocycles. The first kappa shape index (κ1) is 30.2. The van der Waals surface area contributed by atoms with E-state index in [1.807, 2.05) is 6.08 Å². The minimum atomic E-state index is 0.963. The molecule has 1 aromatic carbocycles. The molecule has 0 aliphatic rings. The Labute approximate surface area is 212 Å². The number of unbranched alkanes of at least 4 members (excludes halogenated alkanes) is 2. The van der Waals surface area contributed by atoms with Crippen LogP contribution in [0.5, 0.6) is 0 Å². The van der Waals surface area contributed by atoms with E-state index in [2.05, 4.69) is 78.3 Å². The summed E-state index contributed by atoms with van der Waals surface area (Å²) in [4.78, 5) is 2.52. The Balaban J connectivity index is 3.17. The van der Waals surface area contributed by atoms with Gasteiger partial charge in [-0.25, -0.2) is 0 Å². The third-order valence-electron chi connectivity index (χ3n) is 7.41. The molecule has 0 bridgehead atoms. The maximum absolute atomic E-state index is 4.46. The molecule has 190 valence electrons. The zero-order chi connectivity index (χ0) is 25.5. The average Bonchev–Trinajstić information content (AvgIpc) is 2.83. The van der Waals surface area contributed by atoms with Crippen LogP contribution in [-0.4, -0.2) is 24.5 Å². The summed E-state index contributed by atoms with van der Waals surface area (Å²) in [5.74, 6) is 0. The highest BCUT2D eigenvalue weighted by Gasteiger charge is 2.18. The smallest absolute Gasteiger partial charge is 0.00189 e. The SMILES string of the molecule is C=CCCCC(=C)Cc1c(C=C)c(CC)c(C)c(CC)c1C/C=C(\C)CCCCN(CC)CC. The number of nitrogens with zero attached hydrogens (tertiary/aromatic N) is 1. The topological polar surface area (TPSA) is 3.24 Å². The molecular weight excluding hydrogens is 410 g/mol. The molecule has 0 saturated carbocycles. The van der Waals surface area contributed by atoms with Crippen LogP contribution in [0.25, 0.3) is 6.08 Å². The first-order valence-corrected chi connectivity index (χ1v) is 13.8. The summed E-state index contributed by atoms with van der Waals surface area (Å²) in [6.45, 7) is 29.8.